The van der Waals surface area contributed by atoms with Crippen molar-refractivity contribution < 1.29 is 56.7 Å². The number of ether oxygens (including phenoxy) is 1. The first-order valence-corrected chi connectivity index (χ1v) is 49.6. The zero-order chi connectivity index (χ0) is 114. The van der Waals surface area contributed by atoms with Gasteiger partial charge < -0.3 is 34.5 Å². The molecule has 4 amide bonds. The van der Waals surface area contributed by atoms with Crippen LogP contribution in [-0.2, 0) is 25.0 Å². The number of aromatic nitrogens is 2. The number of aliphatic hydroxyl groups excluding tert-OH is 1. The van der Waals surface area contributed by atoms with Gasteiger partial charge in [0.2, 0.25) is 10.9 Å². The number of nitrogens with one attached hydrogen (secondary N) is 5. The molecule has 10 aromatic carbocycles. The zero-order valence-corrected chi connectivity index (χ0v) is 97.0. The van der Waals surface area contributed by atoms with Crippen molar-refractivity contribution in [2.75, 3.05) is 34.8 Å². The van der Waals surface area contributed by atoms with Crippen molar-refractivity contribution in [1.82, 2.24) is 35.5 Å². The summed E-state index contributed by atoms with van der Waals surface area (Å²) in [5.41, 5.74) is 11.8. The molecule has 1 atom stereocenters. The van der Waals surface area contributed by atoms with E-state index >= 15 is 0 Å². The maximum Gasteiger partial charge on any atom is 0.440 e. The number of benzene rings is 9. The molecule has 146 heavy (non-hydrogen) atoms. The largest absolute Gasteiger partial charge is 0.508 e. The number of hydrogen-bond donors (Lipinski definition) is 7. The minimum atomic E-state index is -1.40. The number of carbonyl (C=O) groups is 6. The number of nitrogens with zero attached hydrogens (tertiary/aromatic N) is 2. The molecule has 1 aromatic heterocycles. The molecule has 0 spiro atoms. The van der Waals surface area contributed by atoms with Crippen molar-refractivity contribution in [2.24, 2.45) is 48.7 Å². The Balaban J connectivity index is -0.000000487. The summed E-state index contributed by atoms with van der Waals surface area (Å²) < 4.78 is 28.3. The van der Waals surface area contributed by atoms with Gasteiger partial charge in [-0.05, 0) is 134 Å². The molecule has 0 radical (unpaired) electrons. The van der Waals surface area contributed by atoms with Gasteiger partial charge in [-0.25, -0.2) is 24.4 Å². The Labute approximate surface area is 879 Å². The molecule has 1 unspecified atom stereocenters. The van der Waals surface area contributed by atoms with Crippen molar-refractivity contribution in [1.29, 1.82) is 0 Å². The minimum Gasteiger partial charge on any atom is -0.508 e. The van der Waals surface area contributed by atoms with Crippen molar-refractivity contribution in [3.05, 3.63) is 371 Å². The van der Waals surface area contributed by atoms with Crippen LogP contribution in [0.15, 0.2) is 309 Å². The lowest BCUT2D eigenvalue weighted by Gasteiger charge is -2.06. The number of Topliss-reactive ketones (excluding diaryl/α,β-unsaturated/α-hetero) is 1. The van der Waals surface area contributed by atoms with Gasteiger partial charge >= 0.3 is 28.7 Å². The van der Waals surface area contributed by atoms with E-state index in [-0.39, 0.29) is 52.3 Å². The predicted octanol–water partition coefficient (Wildman–Crippen LogP) is 28.7. The summed E-state index contributed by atoms with van der Waals surface area (Å²) in [5, 5.41) is 26.3. The lowest BCUT2D eigenvalue weighted by Crippen LogP contribution is -2.35. The standard InChI is InChI=1S/C11H8O2.C10H8O3.C8H6N2O3.C8H7NO2S.C8H9NO2.3C8H9NO.C8H8O.9C5H12/c1-7-9(11(13)10(7)12)8-5-3-2-4-6-8;11-8-6-13-10(12)9(8)7-4-2-1-3-5-7;11-7-9-8(12)13-10(7)6-4-2-1-3-5-6;10-12-9-8(6-11-12)7-4-2-1-3-5-7;1-9(11)8(10)7-5-3-2-4-6-7;3*1-9-8(10)7-5-3-2-4-6-7;1-7(9)8-5-3-2-4-6-8;9*1-5(2,3)4/h2-6H,1H3;1-5,11H,6H2;1-5H,(H,9,11,12);1-6,9H;2-6,11H,1H3;3*2-6H,1H3,(H,9,10);2-6H,1H3;9*1-4H3. The summed E-state index contributed by atoms with van der Waals surface area (Å²) in [6.07, 6.45) is 1.46. The second-order valence-corrected chi connectivity index (χ2v) is 48.4. The summed E-state index contributed by atoms with van der Waals surface area (Å²) in [6.45, 7) is 82.0. The van der Waals surface area contributed by atoms with Gasteiger partial charge in [0, 0.05) is 72.7 Å². The van der Waals surface area contributed by atoms with E-state index in [4.69, 9.17) is 9.39 Å². The maximum atomic E-state index is 11.2. The highest BCUT2D eigenvalue weighted by molar-refractivity contribution is 7.78. The van der Waals surface area contributed by atoms with Gasteiger partial charge in [-0.15, -0.1) is 4.74 Å². The normalized spacial score (nSPS) is 11.8. The molecule has 0 fully saturated rings. The highest BCUT2D eigenvalue weighted by atomic mass is 32.2. The minimum absolute atomic E-state index is 0.0104. The van der Waals surface area contributed by atoms with Crippen LogP contribution in [0.1, 0.15) is 325 Å². The fourth-order valence-electron chi connectivity index (χ4n) is 8.38. The van der Waals surface area contributed by atoms with E-state index in [1.807, 2.05) is 163 Å². The lowest BCUT2D eigenvalue weighted by atomic mass is 9.95. The average molecular weight is 2030 g/mol. The van der Waals surface area contributed by atoms with E-state index in [1.54, 1.807) is 150 Å². The van der Waals surface area contributed by atoms with Crippen molar-refractivity contribution in [3.8, 4) is 16.8 Å². The summed E-state index contributed by atoms with van der Waals surface area (Å²) in [6, 6.07) is 81.6. The smallest absolute Gasteiger partial charge is 0.440 e. The molecule has 0 saturated heterocycles. The molecule has 3 heterocycles. The first kappa shape index (κ1) is 141. The van der Waals surface area contributed by atoms with Crippen LogP contribution in [0, 0.1) is 55.7 Å². The number of ketones is 1. The van der Waals surface area contributed by atoms with Crippen LogP contribution in [0.2, 0.25) is 0 Å². The van der Waals surface area contributed by atoms with Crippen molar-refractivity contribution in [3.63, 3.8) is 0 Å². The molecule has 2 aliphatic rings. The third-order valence-electron chi connectivity index (χ3n) is 13.5. The van der Waals surface area contributed by atoms with E-state index in [2.05, 4.69) is 279 Å². The second-order valence-electron chi connectivity index (χ2n) is 47.5. The molecule has 2 aliphatic heterocycles. The van der Waals surface area contributed by atoms with E-state index in [9.17, 15) is 57.3 Å². The zero-order valence-electron chi connectivity index (χ0n) is 96.2. The Morgan fingerprint density at radius 2 is 0.610 bits per heavy atom. The van der Waals surface area contributed by atoms with Crippen LogP contribution >= 0.6 is 0 Å². The molecule has 7 N–H and O–H groups in total. The van der Waals surface area contributed by atoms with Crippen LogP contribution < -0.4 is 43.0 Å². The molecular formula is C122H181N7O16S. The Bertz CT molecular complexity index is 5330. The summed E-state index contributed by atoms with van der Waals surface area (Å²) in [5.74, 6) is -1.60. The average Bonchev–Trinajstić information content (AvgIpc) is 1.76. The van der Waals surface area contributed by atoms with Gasteiger partial charge in [-0.2, -0.15) is 4.21 Å². The number of aliphatic hydroxyl groups is 1. The van der Waals surface area contributed by atoms with Crippen molar-refractivity contribution >= 4 is 57.9 Å². The van der Waals surface area contributed by atoms with Crippen LogP contribution in [0.25, 0.3) is 28.1 Å². The van der Waals surface area contributed by atoms with E-state index in [0.29, 0.717) is 98.4 Å². The molecule has 11 aromatic rings. The monoisotopic (exact) mass is 2030 g/mol. The lowest BCUT2D eigenvalue weighted by molar-refractivity contribution is -0.134. The molecule has 0 saturated carbocycles. The third-order valence-corrected chi connectivity index (χ3v) is 14.1. The fourth-order valence-corrected chi connectivity index (χ4v) is 8.96. The van der Waals surface area contributed by atoms with Crippen LogP contribution in [-0.4, -0.2) is 99.5 Å². The van der Waals surface area contributed by atoms with Crippen LogP contribution in [0.3, 0.4) is 0 Å². The van der Waals surface area contributed by atoms with Gasteiger partial charge in [0.05, 0.1) is 11.4 Å². The maximum absolute atomic E-state index is 11.2. The SMILES string of the molecule is CC(=O)c1ccccc1.CC(C)(C)C.CC(C)(C)C.CC(C)(C)C.CC(C)(C)C.CC(C)(C)C.CC(C)(C)C.CC(C)(C)C.CC(C)(C)C.CC(C)(C)C.CN(O)C(=O)c1ccccc1.CNC(=O)c1ccccc1.CNC(=O)c1ccccc1.CNC(=O)c1ccccc1.Cc1c(-c2ccccc2)c(=O)c1=O.O=C1OCC(O)=C1c1ccccc1.O=S1NC(c2ccccc2)=CO1.O=c1[nH]c(=O)n(-c2ccccc2)o1. The quantitative estimate of drug-likeness (QED) is 0.0232. The van der Waals surface area contributed by atoms with Gasteiger partial charge in [-0.3, -0.25) is 43.5 Å². The number of para-hydroxylation sites is 1. The second kappa shape index (κ2) is 72.1. The van der Waals surface area contributed by atoms with Gasteiger partial charge in [-0.1, -0.05) is 462 Å². The number of amides is 4. The van der Waals surface area contributed by atoms with Crippen LogP contribution in [0.5, 0.6) is 0 Å². The predicted molar refractivity (Wildman–Crippen MR) is 613 cm³/mol. The Morgan fingerprint density at radius 3 is 0.822 bits per heavy atom. The molecule has 24 heteroatoms. The van der Waals surface area contributed by atoms with Gasteiger partial charge in [0.15, 0.2) is 5.78 Å². The number of hydrogen-bond acceptors (Lipinski definition) is 16. The molecule has 806 valence electrons. The van der Waals surface area contributed by atoms with E-state index < -0.39 is 34.6 Å². The number of carbonyl (C=O) groups excluding carboxylic acids is 6. The first-order valence-electron chi connectivity index (χ1n) is 48.6. The number of rotatable bonds is 9. The highest BCUT2D eigenvalue weighted by Gasteiger charge is 2.26. The Hall–Kier alpha value is -13.2. The molecular weight excluding hydrogens is 1850 g/mol. The Kier molecular flexibility index (Phi) is 69.8. The summed E-state index contributed by atoms with van der Waals surface area (Å²) in [7, 11) is 6.16. The highest BCUT2D eigenvalue weighted by Crippen LogP contribution is 2.25. The number of aromatic amines is 1. The Morgan fingerprint density at radius 1 is 0.363 bits per heavy atom. The molecule has 0 bridgehead atoms. The number of hydroxylamine groups is 2. The van der Waals surface area contributed by atoms with E-state index in [0.717, 1.165) is 27.1 Å². The fraction of sp³-hybridized carbons (Fsp3) is 0.426. The molecule has 13 rings (SSSR count). The van der Waals surface area contributed by atoms with Gasteiger partial charge in [0.25, 0.3) is 23.6 Å². The van der Waals surface area contributed by atoms with E-state index in [1.165, 1.54) is 13.3 Å². The number of esters is 1. The van der Waals surface area contributed by atoms with Crippen LogP contribution in [0.4, 0.5) is 0 Å². The third kappa shape index (κ3) is 92.0. The first-order chi connectivity index (χ1) is 66.7. The summed E-state index contributed by atoms with van der Waals surface area (Å²) in [4.78, 5) is 111. The van der Waals surface area contributed by atoms with Crippen molar-refractivity contribution in [2.45, 2.75) is 263 Å². The number of cyclic esters (lactones) is 1. The molecule has 0 aliphatic carbocycles. The van der Waals surface area contributed by atoms with Gasteiger partial charge in [0.1, 0.15) is 24.2 Å². The topological polar surface area (TPSA) is 332 Å². The molecule has 23 nitrogen and oxygen atoms in total. The summed E-state index contributed by atoms with van der Waals surface area (Å²) >= 11 is -1.40. The number of H-pyrrole nitrogens is 1.